The Bertz CT molecular complexity index is 248. The molecule has 0 heterocycles. The molecule has 0 aromatic carbocycles. The molecule has 1 atom stereocenters. The van der Waals surface area contributed by atoms with Gasteiger partial charge in [-0.05, 0) is 45.1 Å². The predicted octanol–water partition coefficient (Wildman–Crippen LogP) is 4.57. The smallest absolute Gasteiger partial charge is 0.0306 e. The zero-order valence-electron chi connectivity index (χ0n) is 14.5. The summed E-state index contributed by atoms with van der Waals surface area (Å²) < 4.78 is 0. The first-order valence-corrected chi connectivity index (χ1v) is 9.00. The molecule has 2 heteroatoms. The highest BCUT2D eigenvalue weighted by Crippen LogP contribution is 2.35. The molecule has 1 rings (SSSR count). The van der Waals surface area contributed by atoms with Crippen molar-refractivity contribution in [2.45, 2.75) is 97.1 Å². The summed E-state index contributed by atoms with van der Waals surface area (Å²) in [5, 5.41) is 0. The number of rotatable bonds is 12. The second kappa shape index (κ2) is 9.04. The van der Waals surface area contributed by atoms with Gasteiger partial charge in [0.15, 0.2) is 0 Å². The predicted molar refractivity (Wildman–Crippen MR) is 90.0 cm³/mol. The Labute approximate surface area is 127 Å². The van der Waals surface area contributed by atoms with E-state index in [1.54, 1.807) is 0 Å². The number of hydrogen-bond acceptors (Lipinski definition) is 2. The van der Waals surface area contributed by atoms with Gasteiger partial charge in [0, 0.05) is 18.1 Å². The van der Waals surface area contributed by atoms with E-state index in [0.717, 1.165) is 18.5 Å². The topological polar surface area (TPSA) is 29.3 Å². The SMILES string of the molecule is CCCCCCCC(C)(CN)N(CCC(C)C)C1CC1. The molecule has 2 nitrogen and oxygen atoms in total. The molecular weight excluding hydrogens is 244 g/mol. The van der Waals surface area contributed by atoms with Crippen molar-refractivity contribution >= 4 is 0 Å². The van der Waals surface area contributed by atoms with E-state index in [2.05, 4.69) is 32.6 Å². The molecule has 0 bridgehead atoms. The maximum atomic E-state index is 6.18. The third-order valence-electron chi connectivity index (χ3n) is 4.89. The molecule has 0 saturated heterocycles. The quantitative estimate of drug-likeness (QED) is 0.531. The van der Waals surface area contributed by atoms with Gasteiger partial charge in [-0.15, -0.1) is 0 Å². The van der Waals surface area contributed by atoms with Gasteiger partial charge in [-0.1, -0.05) is 52.9 Å². The third-order valence-corrected chi connectivity index (χ3v) is 4.89. The van der Waals surface area contributed by atoms with Gasteiger partial charge < -0.3 is 5.73 Å². The van der Waals surface area contributed by atoms with E-state index in [9.17, 15) is 0 Å². The summed E-state index contributed by atoms with van der Waals surface area (Å²) in [6.07, 6.45) is 12.2. The molecule has 120 valence electrons. The maximum Gasteiger partial charge on any atom is 0.0306 e. The highest BCUT2D eigenvalue weighted by atomic mass is 15.2. The lowest BCUT2D eigenvalue weighted by atomic mass is 9.91. The van der Waals surface area contributed by atoms with Gasteiger partial charge in [-0.25, -0.2) is 0 Å². The second-order valence-corrected chi connectivity index (χ2v) is 7.47. The molecule has 0 radical (unpaired) electrons. The molecule has 1 aliphatic rings. The first kappa shape index (κ1) is 18.0. The standard InChI is InChI=1S/C18H38N2/c1-5-6-7-8-9-13-18(4,15-19)20(17-10-11-17)14-12-16(2)3/h16-17H,5-15,19H2,1-4H3. The highest BCUT2D eigenvalue weighted by Gasteiger charge is 2.39. The number of nitrogens with two attached hydrogens (primary N) is 1. The molecule has 0 aromatic rings. The maximum absolute atomic E-state index is 6.18. The van der Waals surface area contributed by atoms with Crippen LogP contribution < -0.4 is 5.73 Å². The minimum atomic E-state index is 0.238. The lowest BCUT2D eigenvalue weighted by Gasteiger charge is -2.42. The van der Waals surface area contributed by atoms with Crippen molar-refractivity contribution in [2.24, 2.45) is 11.7 Å². The highest BCUT2D eigenvalue weighted by molar-refractivity contribution is 4.96. The Morgan fingerprint density at radius 1 is 1.15 bits per heavy atom. The molecule has 0 spiro atoms. The van der Waals surface area contributed by atoms with Crippen molar-refractivity contribution in [3.8, 4) is 0 Å². The Kier molecular flexibility index (Phi) is 8.13. The van der Waals surface area contributed by atoms with E-state index < -0.39 is 0 Å². The molecular formula is C18H38N2. The Morgan fingerprint density at radius 2 is 1.80 bits per heavy atom. The lowest BCUT2D eigenvalue weighted by Crippen LogP contribution is -2.53. The zero-order valence-corrected chi connectivity index (χ0v) is 14.5. The fourth-order valence-corrected chi connectivity index (χ4v) is 3.15. The van der Waals surface area contributed by atoms with Gasteiger partial charge in [-0.3, -0.25) is 4.90 Å². The lowest BCUT2D eigenvalue weighted by molar-refractivity contribution is 0.0838. The van der Waals surface area contributed by atoms with Crippen LogP contribution in [0.5, 0.6) is 0 Å². The zero-order chi connectivity index (χ0) is 15.0. The number of hydrogen-bond donors (Lipinski definition) is 1. The van der Waals surface area contributed by atoms with Crippen LogP contribution in [0.25, 0.3) is 0 Å². The molecule has 0 amide bonds. The largest absolute Gasteiger partial charge is 0.329 e. The minimum Gasteiger partial charge on any atom is -0.329 e. The van der Waals surface area contributed by atoms with Crippen molar-refractivity contribution in [1.29, 1.82) is 0 Å². The fourth-order valence-electron chi connectivity index (χ4n) is 3.15. The van der Waals surface area contributed by atoms with Gasteiger partial charge in [0.25, 0.3) is 0 Å². The molecule has 1 aliphatic carbocycles. The van der Waals surface area contributed by atoms with Crippen LogP contribution in [0.1, 0.15) is 85.5 Å². The number of nitrogens with zero attached hydrogens (tertiary/aromatic N) is 1. The van der Waals surface area contributed by atoms with Gasteiger partial charge in [0.05, 0.1) is 0 Å². The van der Waals surface area contributed by atoms with Crippen LogP contribution in [0.3, 0.4) is 0 Å². The summed E-state index contributed by atoms with van der Waals surface area (Å²) in [6.45, 7) is 11.4. The van der Waals surface area contributed by atoms with Crippen molar-refractivity contribution in [3.05, 3.63) is 0 Å². The summed E-state index contributed by atoms with van der Waals surface area (Å²) >= 11 is 0. The average Bonchev–Trinajstić information content (AvgIpc) is 3.23. The third kappa shape index (κ3) is 6.13. The van der Waals surface area contributed by atoms with E-state index >= 15 is 0 Å². The molecule has 2 N–H and O–H groups in total. The summed E-state index contributed by atoms with van der Waals surface area (Å²) in [5.74, 6) is 0.794. The molecule has 1 fully saturated rings. The molecule has 0 aliphatic heterocycles. The first-order chi connectivity index (χ1) is 9.53. The Balaban J connectivity index is 2.44. The second-order valence-electron chi connectivity index (χ2n) is 7.47. The minimum absolute atomic E-state index is 0.238. The summed E-state index contributed by atoms with van der Waals surface area (Å²) in [6, 6.07) is 0.831. The van der Waals surface area contributed by atoms with Crippen LogP contribution in [0.2, 0.25) is 0 Å². The summed E-state index contributed by atoms with van der Waals surface area (Å²) in [4.78, 5) is 2.76. The van der Waals surface area contributed by atoms with E-state index in [0.29, 0.717) is 0 Å². The van der Waals surface area contributed by atoms with Gasteiger partial charge in [0.1, 0.15) is 0 Å². The Hall–Kier alpha value is -0.0800. The van der Waals surface area contributed by atoms with Crippen molar-refractivity contribution in [3.63, 3.8) is 0 Å². The monoisotopic (exact) mass is 282 g/mol. The van der Waals surface area contributed by atoms with Gasteiger partial charge in [0.2, 0.25) is 0 Å². The van der Waals surface area contributed by atoms with Crippen LogP contribution in [0, 0.1) is 5.92 Å². The first-order valence-electron chi connectivity index (χ1n) is 9.00. The van der Waals surface area contributed by atoms with Gasteiger partial charge >= 0.3 is 0 Å². The van der Waals surface area contributed by atoms with Crippen molar-refractivity contribution in [2.75, 3.05) is 13.1 Å². The Morgan fingerprint density at radius 3 is 2.30 bits per heavy atom. The van der Waals surface area contributed by atoms with E-state index in [1.165, 1.54) is 64.3 Å². The van der Waals surface area contributed by atoms with Crippen LogP contribution >= 0.6 is 0 Å². The van der Waals surface area contributed by atoms with Crippen LogP contribution in [0.15, 0.2) is 0 Å². The normalized spacial score (nSPS) is 18.8. The van der Waals surface area contributed by atoms with Crippen LogP contribution in [0.4, 0.5) is 0 Å². The fraction of sp³-hybridized carbons (Fsp3) is 1.00. The molecule has 1 unspecified atom stereocenters. The van der Waals surface area contributed by atoms with Crippen LogP contribution in [-0.4, -0.2) is 29.6 Å². The molecule has 20 heavy (non-hydrogen) atoms. The van der Waals surface area contributed by atoms with Gasteiger partial charge in [-0.2, -0.15) is 0 Å². The summed E-state index contributed by atoms with van der Waals surface area (Å²) in [5.41, 5.74) is 6.42. The molecule has 0 aromatic heterocycles. The van der Waals surface area contributed by atoms with E-state index in [-0.39, 0.29) is 5.54 Å². The van der Waals surface area contributed by atoms with Crippen molar-refractivity contribution in [1.82, 2.24) is 4.90 Å². The molecule has 1 saturated carbocycles. The summed E-state index contributed by atoms with van der Waals surface area (Å²) in [7, 11) is 0. The van der Waals surface area contributed by atoms with Crippen molar-refractivity contribution < 1.29 is 0 Å². The van der Waals surface area contributed by atoms with E-state index in [1.807, 2.05) is 0 Å². The van der Waals surface area contributed by atoms with E-state index in [4.69, 9.17) is 5.73 Å². The number of unbranched alkanes of at least 4 members (excludes halogenated alkanes) is 4. The average molecular weight is 283 g/mol. The van der Waals surface area contributed by atoms with Crippen LogP contribution in [-0.2, 0) is 0 Å².